The summed E-state index contributed by atoms with van der Waals surface area (Å²) in [6, 6.07) is 40.0. The van der Waals surface area contributed by atoms with Crippen LogP contribution in [0.5, 0.6) is 0 Å². The van der Waals surface area contributed by atoms with Crippen LogP contribution in [0.3, 0.4) is 0 Å². The van der Waals surface area contributed by atoms with E-state index in [9.17, 15) is 24.0 Å². The Morgan fingerprint density at radius 1 is 0.385 bits per heavy atom. The molecule has 0 spiro atoms. The Balaban J connectivity index is 1.41. The van der Waals surface area contributed by atoms with Crippen molar-refractivity contribution < 1.29 is 52.4 Å². The van der Waals surface area contributed by atoms with Crippen molar-refractivity contribution in [2.45, 2.75) is 30.7 Å². The number of carbonyl (C=O) groups is 5. The minimum Gasteiger partial charge on any atom is -0.459 e. The Morgan fingerprint density at radius 3 is 1.08 bits per heavy atom. The average molecular weight is 701 g/mol. The lowest BCUT2D eigenvalue weighted by Gasteiger charge is -2.43. The number of benzene rings is 5. The van der Waals surface area contributed by atoms with Crippen LogP contribution in [-0.2, 0) is 28.4 Å². The molecule has 0 aromatic heterocycles. The standard InChI is InChI=1S/C41H32O11/c42-36(27-16-6-1-7-17-27)47-26-32-33(49-37(43)28-18-8-2-9-19-28)34(50-38(44)29-20-10-3-11-21-29)35(51-39(45)30-22-12-4-13-23-30)41(48-32)52-40(46)31-24-14-5-15-25-31/h1-25,32-35,41H,26H2/t32-,33-,34+,35-,41-/m0/s1. The van der Waals surface area contributed by atoms with Crippen LogP contribution in [0.1, 0.15) is 51.8 Å². The fraction of sp³-hybridized carbons (Fsp3) is 0.146. The fourth-order valence-corrected chi connectivity index (χ4v) is 5.37. The van der Waals surface area contributed by atoms with Gasteiger partial charge in [-0.2, -0.15) is 0 Å². The zero-order chi connectivity index (χ0) is 36.3. The summed E-state index contributed by atoms with van der Waals surface area (Å²) in [5, 5.41) is 0. The minimum atomic E-state index is -1.75. The van der Waals surface area contributed by atoms with Crippen LogP contribution in [-0.4, -0.2) is 67.2 Å². The van der Waals surface area contributed by atoms with Crippen LogP contribution >= 0.6 is 0 Å². The minimum absolute atomic E-state index is 0.125. The van der Waals surface area contributed by atoms with Gasteiger partial charge >= 0.3 is 29.8 Å². The molecule has 0 bridgehead atoms. The van der Waals surface area contributed by atoms with Crippen LogP contribution < -0.4 is 0 Å². The third-order valence-electron chi connectivity index (χ3n) is 7.97. The molecule has 11 heteroatoms. The molecular weight excluding hydrogens is 668 g/mol. The first kappa shape index (κ1) is 35.2. The van der Waals surface area contributed by atoms with Crippen LogP contribution in [0.2, 0.25) is 0 Å². The third-order valence-corrected chi connectivity index (χ3v) is 7.97. The predicted octanol–water partition coefficient (Wildman–Crippen LogP) is 6.10. The monoisotopic (exact) mass is 700 g/mol. The van der Waals surface area contributed by atoms with Gasteiger partial charge in [-0.3, -0.25) is 0 Å². The second kappa shape index (κ2) is 16.9. The Kier molecular flexibility index (Phi) is 11.4. The maximum absolute atomic E-state index is 13.7. The van der Waals surface area contributed by atoms with Crippen LogP contribution in [0, 0.1) is 0 Å². The fourth-order valence-electron chi connectivity index (χ4n) is 5.37. The Morgan fingerprint density at radius 2 is 0.692 bits per heavy atom. The molecule has 11 nitrogen and oxygen atoms in total. The van der Waals surface area contributed by atoms with Crippen LogP contribution in [0.25, 0.3) is 0 Å². The molecule has 0 unspecified atom stereocenters. The summed E-state index contributed by atoms with van der Waals surface area (Å²) >= 11 is 0. The SMILES string of the molecule is O=C(OC[C@@H]1O[C@@H](OC(=O)c2ccccc2)[C@@H](OC(=O)c2ccccc2)[C@H](OC(=O)c2ccccc2)[C@H]1OC(=O)c1ccccc1)c1ccccc1. The highest BCUT2D eigenvalue weighted by atomic mass is 16.7. The van der Waals surface area contributed by atoms with Crippen molar-refractivity contribution in [3.8, 4) is 0 Å². The van der Waals surface area contributed by atoms with E-state index in [1.165, 1.54) is 48.5 Å². The van der Waals surface area contributed by atoms with E-state index >= 15 is 0 Å². The zero-order valence-electron chi connectivity index (χ0n) is 27.5. The van der Waals surface area contributed by atoms with Crippen LogP contribution in [0.15, 0.2) is 152 Å². The number of carbonyl (C=O) groups excluding carboxylic acids is 5. The van der Waals surface area contributed by atoms with Gasteiger partial charge in [0.15, 0.2) is 12.2 Å². The van der Waals surface area contributed by atoms with Gasteiger partial charge in [-0.25, -0.2) is 24.0 Å². The number of ether oxygens (including phenoxy) is 6. The average Bonchev–Trinajstić information content (AvgIpc) is 3.20. The van der Waals surface area contributed by atoms with Crippen LogP contribution in [0.4, 0.5) is 0 Å². The highest BCUT2D eigenvalue weighted by Crippen LogP contribution is 2.32. The highest BCUT2D eigenvalue weighted by Gasteiger charge is 2.54. The number of hydrogen-bond donors (Lipinski definition) is 0. The lowest BCUT2D eigenvalue weighted by Crippen LogP contribution is -2.63. The molecule has 6 rings (SSSR count). The second-order valence-corrected chi connectivity index (χ2v) is 11.5. The summed E-state index contributed by atoms with van der Waals surface area (Å²) in [7, 11) is 0. The quantitative estimate of drug-likeness (QED) is 0.117. The first-order valence-electron chi connectivity index (χ1n) is 16.3. The molecule has 1 aliphatic rings. The van der Waals surface area contributed by atoms with Gasteiger partial charge < -0.3 is 28.4 Å². The van der Waals surface area contributed by atoms with Crippen molar-refractivity contribution in [3.05, 3.63) is 179 Å². The zero-order valence-corrected chi connectivity index (χ0v) is 27.5. The molecule has 262 valence electrons. The summed E-state index contributed by atoms with van der Waals surface area (Å²) in [5.74, 6) is -4.19. The lowest BCUT2D eigenvalue weighted by molar-refractivity contribution is -0.282. The molecule has 5 atom stereocenters. The summed E-state index contributed by atoms with van der Waals surface area (Å²) in [5.41, 5.74) is 0.762. The normalized spacial score (nSPS) is 19.3. The number of hydrogen-bond acceptors (Lipinski definition) is 11. The summed E-state index contributed by atoms with van der Waals surface area (Å²) in [6.45, 7) is -0.557. The molecule has 5 aromatic carbocycles. The molecule has 1 heterocycles. The maximum Gasteiger partial charge on any atom is 0.340 e. The van der Waals surface area contributed by atoms with Crippen molar-refractivity contribution in [1.82, 2.24) is 0 Å². The van der Waals surface area contributed by atoms with E-state index in [-0.39, 0.29) is 27.8 Å². The van der Waals surface area contributed by atoms with Gasteiger partial charge in [-0.15, -0.1) is 0 Å². The van der Waals surface area contributed by atoms with E-state index < -0.39 is 67.2 Å². The topological polar surface area (TPSA) is 141 Å². The Bertz CT molecular complexity index is 1970. The van der Waals surface area contributed by atoms with Gasteiger partial charge in [0.25, 0.3) is 0 Å². The van der Waals surface area contributed by atoms with Gasteiger partial charge in [0.05, 0.1) is 27.8 Å². The number of esters is 5. The Labute approximate surface area is 298 Å². The molecule has 0 N–H and O–H groups in total. The highest BCUT2D eigenvalue weighted by molar-refractivity contribution is 5.92. The van der Waals surface area contributed by atoms with Crippen molar-refractivity contribution in [2.24, 2.45) is 0 Å². The number of rotatable bonds is 11. The molecule has 0 radical (unpaired) electrons. The third kappa shape index (κ3) is 8.76. The van der Waals surface area contributed by atoms with Crippen molar-refractivity contribution >= 4 is 29.8 Å². The summed E-state index contributed by atoms with van der Waals surface area (Å²) in [6.07, 6.45) is -8.07. The molecule has 0 aliphatic carbocycles. The molecule has 1 aliphatic heterocycles. The second-order valence-electron chi connectivity index (χ2n) is 11.5. The van der Waals surface area contributed by atoms with Gasteiger partial charge in [0.2, 0.25) is 12.4 Å². The van der Waals surface area contributed by atoms with Gasteiger partial charge in [0, 0.05) is 0 Å². The maximum atomic E-state index is 13.7. The summed E-state index contributed by atoms with van der Waals surface area (Å²) < 4.78 is 35.5. The van der Waals surface area contributed by atoms with Gasteiger partial charge in [-0.1, -0.05) is 91.0 Å². The smallest absolute Gasteiger partial charge is 0.340 e. The van der Waals surface area contributed by atoms with E-state index in [1.807, 2.05) is 0 Å². The molecule has 1 saturated heterocycles. The predicted molar refractivity (Wildman–Crippen MR) is 184 cm³/mol. The van der Waals surface area contributed by atoms with E-state index in [4.69, 9.17) is 28.4 Å². The van der Waals surface area contributed by atoms with Crippen molar-refractivity contribution in [2.75, 3.05) is 6.61 Å². The molecule has 52 heavy (non-hydrogen) atoms. The van der Waals surface area contributed by atoms with E-state index in [1.54, 1.807) is 103 Å². The van der Waals surface area contributed by atoms with Gasteiger partial charge in [0.1, 0.15) is 12.7 Å². The molecule has 1 fully saturated rings. The Hall–Kier alpha value is -6.59. The molecule has 5 aromatic rings. The van der Waals surface area contributed by atoms with E-state index in [2.05, 4.69) is 0 Å². The van der Waals surface area contributed by atoms with Crippen molar-refractivity contribution in [3.63, 3.8) is 0 Å². The summed E-state index contributed by atoms with van der Waals surface area (Å²) in [4.78, 5) is 67.4. The first-order chi connectivity index (χ1) is 25.4. The van der Waals surface area contributed by atoms with Gasteiger partial charge in [-0.05, 0) is 60.7 Å². The largest absolute Gasteiger partial charge is 0.459 e. The lowest BCUT2D eigenvalue weighted by atomic mass is 9.97. The first-order valence-corrected chi connectivity index (χ1v) is 16.3. The molecule has 0 amide bonds. The van der Waals surface area contributed by atoms with Crippen molar-refractivity contribution in [1.29, 1.82) is 0 Å². The molecular formula is C41H32O11. The van der Waals surface area contributed by atoms with E-state index in [0.717, 1.165) is 0 Å². The van der Waals surface area contributed by atoms with E-state index in [0.29, 0.717) is 0 Å². The molecule has 0 saturated carbocycles.